The SMILES string of the molecule is CC#CC(=O)Nc1ccc2c(c1)c(C)cn2-c1nc(Nc2ccnn2C)ncc1C. The van der Waals surface area contributed by atoms with Crippen molar-refractivity contribution < 1.29 is 4.79 Å². The molecule has 0 saturated heterocycles. The van der Waals surface area contributed by atoms with Crippen molar-refractivity contribution in [2.45, 2.75) is 20.8 Å². The van der Waals surface area contributed by atoms with E-state index in [0.717, 1.165) is 33.7 Å². The van der Waals surface area contributed by atoms with E-state index in [0.29, 0.717) is 11.6 Å². The number of nitrogens with zero attached hydrogens (tertiary/aromatic N) is 5. The van der Waals surface area contributed by atoms with Gasteiger partial charge >= 0.3 is 0 Å². The molecule has 150 valence electrons. The van der Waals surface area contributed by atoms with Crippen molar-refractivity contribution in [1.29, 1.82) is 0 Å². The van der Waals surface area contributed by atoms with Crippen LogP contribution in [0, 0.1) is 25.7 Å². The fourth-order valence-electron chi connectivity index (χ4n) is 3.27. The monoisotopic (exact) mass is 399 g/mol. The van der Waals surface area contributed by atoms with Crippen LogP contribution in [0.4, 0.5) is 17.5 Å². The molecule has 2 N–H and O–H groups in total. The van der Waals surface area contributed by atoms with Gasteiger partial charge < -0.3 is 15.2 Å². The first-order chi connectivity index (χ1) is 14.5. The van der Waals surface area contributed by atoms with E-state index in [4.69, 9.17) is 4.98 Å². The topological polar surface area (TPSA) is 89.7 Å². The number of fused-ring (bicyclic) bond motifs is 1. The molecule has 0 spiro atoms. The molecule has 0 saturated carbocycles. The summed E-state index contributed by atoms with van der Waals surface area (Å²) in [5, 5.41) is 11.2. The Hall–Kier alpha value is -4.12. The van der Waals surface area contributed by atoms with Gasteiger partial charge in [0, 0.05) is 42.1 Å². The highest BCUT2D eigenvalue weighted by molar-refractivity contribution is 6.05. The third-order valence-electron chi connectivity index (χ3n) is 4.73. The number of nitrogens with one attached hydrogen (secondary N) is 2. The van der Waals surface area contributed by atoms with Crippen molar-refractivity contribution >= 4 is 34.3 Å². The molecule has 4 aromatic rings. The van der Waals surface area contributed by atoms with Crippen molar-refractivity contribution in [2.75, 3.05) is 10.6 Å². The smallest absolute Gasteiger partial charge is 0.300 e. The Morgan fingerprint density at radius 3 is 2.73 bits per heavy atom. The van der Waals surface area contributed by atoms with E-state index < -0.39 is 0 Å². The predicted octanol–water partition coefficient (Wildman–Crippen LogP) is 3.48. The summed E-state index contributed by atoms with van der Waals surface area (Å²) in [5.74, 6) is 6.83. The van der Waals surface area contributed by atoms with Crippen LogP contribution in [0.25, 0.3) is 16.7 Å². The lowest BCUT2D eigenvalue weighted by atomic mass is 10.1. The summed E-state index contributed by atoms with van der Waals surface area (Å²) >= 11 is 0. The molecule has 0 aliphatic carbocycles. The lowest BCUT2D eigenvalue weighted by Gasteiger charge is -2.11. The minimum Gasteiger partial charge on any atom is -0.315 e. The maximum Gasteiger partial charge on any atom is 0.300 e. The average molecular weight is 399 g/mol. The highest BCUT2D eigenvalue weighted by Gasteiger charge is 2.13. The molecule has 8 heteroatoms. The second kappa shape index (κ2) is 7.72. The lowest BCUT2D eigenvalue weighted by Crippen LogP contribution is -2.08. The number of benzene rings is 1. The van der Waals surface area contributed by atoms with Gasteiger partial charge in [-0.1, -0.05) is 5.92 Å². The van der Waals surface area contributed by atoms with Crippen LogP contribution >= 0.6 is 0 Å². The second-order valence-corrected chi connectivity index (χ2v) is 6.91. The normalized spacial score (nSPS) is 10.5. The number of aromatic nitrogens is 5. The van der Waals surface area contributed by atoms with E-state index >= 15 is 0 Å². The first kappa shape index (κ1) is 19.2. The Balaban J connectivity index is 1.74. The maximum absolute atomic E-state index is 11.8. The van der Waals surface area contributed by atoms with E-state index in [1.54, 1.807) is 24.0 Å². The van der Waals surface area contributed by atoms with Crippen LogP contribution in [0.15, 0.2) is 42.9 Å². The molecule has 1 aromatic carbocycles. The molecule has 0 bridgehead atoms. The minimum absolute atomic E-state index is 0.327. The summed E-state index contributed by atoms with van der Waals surface area (Å²) in [6.45, 7) is 5.64. The number of aryl methyl sites for hydroxylation is 3. The van der Waals surface area contributed by atoms with Gasteiger partial charge in [-0.15, -0.1) is 0 Å². The van der Waals surface area contributed by atoms with Gasteiger partial charge in [-0.3, -0.25) is 9.48 Å². The zero-order valence-electron chi connectivity index (χ0n) is 17.2. The fraction of sp³-hybridized carbons (Fsp3) is 0.182. The van der Waals surface area contributed by atoms with E-state index in [1.807, 2.05) is 55.9 Å². The summed E-state index contributed by atoms with van der Waals surface area (Å²) in [4.78, 5) is 20.9. The summed E-state index contributed by atoms with van der Waals surface area (Å²) in [5.41, 5.74) is 3.70. The molecule has 0 aliphatic heterocycles. The summed E-state index contributed by atoms with van der Waals surface area (Å²) in [6, 6.07) is 7.63. The Kier molecular flexibility index (Phi) is 4.94. The molecular formula is C22H21N7O. The molecule has 0 radical (unpaired) electrons. The second-order valence-electron chi connectivity index (χ2n) is 6.91. The van der Waals surface area contributed by atoms with Crippen molar-refractivity contribution in [3.63, 3.8) is 0 Å². The Morgan fingerprint density at radius 1 is 1.17 bits per heavy atom. The number of rotatable bonds is 4. The molecule has 3 heterocycles. The van der Waals surface area contributed by atoms with Gasteiger partial charge in [0.15, 0.2) is 0 Å². The summed E-state index contributed by atoms with van der Waals surface area (Å²) < 4.78 is 3.75. The van der Waals surface area contributed by atoms with Crippen LogP contribution in [0.2, 0.25) is 0 Å². The first-order valence-electron chi connectivity index (χ1n) is 9.40. The van der Waals surface area contributed by atoms with Gasteiger partial charge in [-0.2, -0.15) is 10.1 Å². The molecule has 3 aromatic heterocycles. The van der Waals surface area contributed by atoms with Crippen LogP contribution in [0.1, 0.15) is 18.1 Å². The predicted molar refractivity (Wildman–Crippen MR) is 117 cm³/mol. The quantitative estimate of drug-likeness (QED) is 0.513. The molecule has 0 unspecified atom stereocenters. The summed E-state index contributed by atoms with van der Waals surface area (Å²) in [6.07, 6.45) is 5.54. The van der Waals surface area contributed by atoms with E-state index in [2.05, 4.69) is 32.6 Å². The zero-order chi connectivity index (χ0) is 21.3. The third-order valence-corrected chi connectivity index (χ3v) is 4.73. The number of amides is 1. The van der Waals surface area contributed by atoms with E-state index in [1.165, 1.54) is 0 Å². The highest BCUT2D eigenvalue weighted by Crippen LogP contribution is 2.28. The first-order valence-corrected chi connectivity index (χ1v) is 9.40. The lowest BCUT2D eigenvalue weighted by molar-refractivity contribution is -0.111. The average Bonchev–Trinajstić information content (AvgIpc) is 3.26. The van der Waals surface area contributed by atoms with Gasteiger partial charge in [-0.05, 0) is 50.5 Å². The van der Waals surface area contributed by atoms with Gasteiger partial charge in [0.25, 0.3) is 5.91 Å². The molecule has 1 amide bonds. The molecule has 0 fully saturated rings. The number of carbonyl (C=O) groups is 1. The zero-order valence-corrected chi connectivity index (χ0v) is 17.2. The van der Waals surface area contributed by atoms with E-state index in [-0.39, 0.29) is 5.91 Å². The van der Waals surface area contributed by atoms with Crippen LogP contribution < -0.4 is 10.6 Å². The molecule has 8 nitrogen and oxygen atoms in total. The number of hydrogen-bond acceptors (Lipinski definition) is 5. The fourth-order valence-corrected chi connectivity index (χ4v) is 3.27. The Morgan fingerprint density at radius 2 is 2.00 bits per heavy atom. The van der Waals surface area contributed by atoms with Crippen molar-refractivity contribution in [1.82, 2.24) is 24.3 Å². The number of anilines is 3. The van der Waals surface area contributed by atoms with Crippen LogP contribution in [-0.4, -0.2) is 30.2 Å². The van der Waals surface area contributed by atoms with Gasteiger partial charge in [0.1, 0.15) is 11.6 Å². The third kappa shape index (κ3) is 3.61. The van der Waals surface area contributed by atoms with Crippen LogP contribution in [-0.2, 0) is 11.8 Å². The van der Waals surface area contributed by atoms with Gasteiger partial charge in [-0.25, -0.2) is 4.98 Å². The molecule has 0 aliphatic rings. The molecule has 0 atom stereocenters. The molecular weight excluding hydrogens is 378 g/mol. The largest absolute Gasteiger partial charge is 0.315 e. The minimum atomic E-state index is -0.327. The number of hydrogen-bond donors (Lipinski definition) is 2. The van der Waals surface area contributed by atoms with Gasteiger partial charge in [0.2, 0.25) is 5.95 Å². The van der Waals surface area contributed by atoms with E-state index in [9.17, 15) is 4.79 Å². The Labute approximate surface area is 174 Å². The molecule has 4 rings (SSSR count). The van der Waals surface area contributed by atoms with Crippen molar-refractivity contribution in [3.8, 4) is 17.7 Å². The molecule has 30 heavy (non-hydrogen) atoms. The summed E-state index contributed by atoms with van der Waals surface area (Å²) in [7, 11) is 1.85. The van der Waals surface area contributed by atoms with Gasteiger partial charge in [0.05, 0.1) is 11.7 Å². The van der Waals surface area contributed by atoms with Crippen molar-refractivity contribution in [3.05, 3.63) is 54.0 Å². The number of carbonyl (C=O) groups excluding carboxylic acids is 1. The van der Waals surface area contributed by atoms with Crippen LogP contribution in [0.5, 0.6) is 0 Å². The maximum atomic E-state index is 11.8. The standard InChI is InChI=1S/C22H21N7O/c1-5-6-20(30)25-16-7-8-18-17(11-16)15(3)13-29(18)21-14(2)12-23-22(27-21)26-19-9-10-24-28(19)4/h7-13H,1-4H3,(H,25,30)(H,23,26,27). The van der Waals surface area contributed by atoms with Crippen LogP contribution in [0.3, 0.4) is 0 Å². The Bertz CT molecular complexity index is 1320. The highest BCUT2D eigenvalue weighted by atomic mass is 16.1. The van der Waals surface area contributed by atoms with Crippen molar-refractivity contribution in [2.24, 2.45) is 7.05 Å².